The van der Waals surface area contributed by atoms with E-state index < -0.39 is 20.3 Å². The maximum Gasteiger partial charge on any atom is 0.416 e. The molecular weight excluding hydrogens is 530 g/mol. The molecule has 1 heterocycles. The lowest BCUT2D eigenvalue weighted by molar-refractivity contribution is -0.138. The van der Waals surface area contributed by atoms with E-state index in [0.717, 1.165) is 24.8 Å². The van der Waals surface area contributed by atoms with Gasteiger partial charge in [-0.15, -0.1) is 0 Å². The van der Waals surface area contributed by atoms with Gasteiger partial charge in [0, 0.05) is 38.2 Å². The molecule has 0 N–H and O–H groups in total. The summed E-state index contributed by atoms with van der Waals surface area (Å²) in [5.74, 6) is 0.191. The highest BCUT2D eigenvalue weighted by Crippen LogP contribution is 2.51. The third-order valence-electron chi connectivity index (χ3n) is 8.86. The number of carbonyl (C=O) groups excluding carboxylic acids is 2. The van der Waals surface area contributed by atoms with Crippen LogP contribution in [0.25, 0.3) is 0 Å². The summed E-state index contributed by atoms with van der Waals surface area (Å²) in [5, 5.41) is 0.0305. The maximum absolute atomic E-state index is 14.3. The molecule has 0 unspecified atom stereocenters. The van der Waals surface area contributed by atoms with Gasteiger partial charge < -0.3 is 28.1 Å². The number of cyclic esters (lactones) is 1. The first-order valence-electron chi connectivity index (χ1n) is 14.2. The molecular formula is C30H45NO8Si. The SMILES string of the molecule is COCOc1cc(OCOC)cc([C@@H]2C=C[C@@H]3CCC[C@@H](O[Si](C)(C)C(C)(C)C)[C@H]3[C@@H]2C(=O)N2CCOC2=O)c1. The van der Waals surface area contributed by atoms with Crippen molar-refractivity contribution in [3.63, 3.8) is 0 Å². The number of imide groups is 1. The Kier molecular flexibility index (Phi) is 9.65. The average Bonchev–Trinajstić information content (AvgIpc) is 3.34. The number of amides is 2. The second kappa shape index (κ2) is 12.6. The fourth-order valence-corrected chi connectivity index (χ4v) is 7.25. The zero-order valence-corrected chi connectivity index (χ0v) is 25.9. The van der Waals surface area contributed by atoms with Crippen LogP contribution >= 0.6 is 0 Å². The number of allylic oxidation sites excluding steroid dienone is 2. The number of hydrogen-bond donors (Lipinski definition) is 0. The van der Waals surface area contributed by atoms with Gasteiger partial charge in [0.2, 0.25) is 5.91 Å². The van der Waals surface area contributed by atoms with Crippen molar-refractivity contribution in [2.45, 2.75) is 70.2 Å². The summed E-state index contributed by atoms with van der Waals surface area (Å²) in [6.07, 6.45) is 6.62. The first-order valence-corrected chi connectivity index (χ1v) is 17.1. The number of methoxy groups -OCH3 is 2. The van der Waals surface area contributed by atoms with Crippen LogP contribution in [0.4, 0.5) is 4.79 Å². The van der Waals surface area contributed by atoms with Crippen molar-refractivity contribution in [1.82, 2.24) is 4.90 Å². The standard InChI is InChI=1S/C30H45NO8Si/c1-30(2,3)40(6,7)39-25-10-8-9-20-11-12-24(27(26(20)25)28(32)31-13-14-36-29(31)33)21-15-22(37-18-34-4)17-23(16-21)38-19-35-5/h11-12,15-17,20,24-27H,8-10,13-14,18-19H2,1-7H3/t20-,24-,25+,26-,27+/m0/s1. The van der Waals surface area contributed by atoms with Gasteiger partial charge in [-0.05, 0) is 54.6 Å². The van der Waals surface area contributed by atoms with E-state index in [1.807, 2.05) is 12.1 Å². The summed E-state index contributed by atoms with van der Waals surface area (Å²) < 4.78 is 34.1. The maximum atomic E-state index is 14.3. The van der Waals surface area contributed by atoms with Gasteiger partial charge in [-0.1, -0.05) is 39.3 Å². The molecule has 0 aromatic heterocycles. The largest absolute Gasteiger partial charge is 0.467 e. The molecule has 5 atom stereocenters. The minimum Gasteiger partial charge on any atom is -0.467 e. The molecule has 2 aliphatic carbocycles. The van der Waals surface area contributed by atoms with Crippen LogP contribution in [0.2, 0.25) is 18.1 Å². The second-order valence-electron chi connectivity index (χ2n) is 12.5. The zero-order valence-electron chi connectivity index (χ0n) is 24.9. The van der Waals surface area contributed by atoms with Crippen molar-refractivity contribution in [2.75, 3.05) is 41.0 Å². The van der Waals surface area contributed by atoms with Crippen molar-refractivity contribution in [1.29, 1.82) is 0 Å². The summed E-state index contributed by atoms with van der Waals surface area (Å²) in [5.41, 5.74) is 0.858. The average molecular weight is 576 g/mol. The van der Waals surface area contributed by atoms with Gasteiger partial charge in [0.05, 0.1) is 12.5 Å². The molecule has 1 saturated heterocycles. The van der Waals surface area contributed by atoms with E-state index in [1.54, 1.807) is 20.3 Å². The first-order chi connectivity index (χ1) is 19.0. The van der Waals surface area contributed by atoms with Gasteiger partial charge >= 0.3 is 6.09 Å². The highest BCUT2D eigenvalue weighted by molar-refractivity contribution is 6.74. The molecule has 3 aliphatic rings. The number of ether oxygens (including phenoxy) is 5. The Morgan fingerprint density at radius 2 is 1.68 bits per heavy atom. The Hall–Kier alpha value is -2.40. The fraction of sp³-hybridized carbons (Fsp3) is 0.667. The molecule has 1 aromatic rings. The van der Waals surface area contributed by atoms with E-state index >= 15 is 0 Å². The van der Waals surface area contributed by atoms with Crippen molar-refractivity contribution in [3.8, 4) is 11.5 Å². The van der Waals surface area contributed by atoms with Gasteiger partial charge in [-0.2, -0.15) is 0 Å². The molecule has 1 saturated carbocycles. The van der Waals surface area contributed by atoms with Crippen molar-refractivity contribution in [3.05, 3.63) is 35.9 Å². The Labute approximate surface area is 239 Å². The lowest BCUT2D eigenvalue weighted by atomic mass is 9.62. The summed E-state index contributed by atoms with van der Waals surface area (Å²) in [6, 6.07) is 5.61. The third kappa shape index (κ3) is 6.56. The Balaban J connectivity index is 1.79. The van der Waals surface area contributed by atoms with Gasteiger partial charge in [0.25, 0.3) is 0 Å². The van der Waals surface area contributed by atoms with Crippen LogP contribution in [0.3, 0.4) is 0 Å². The van der Waals surface area contributed by atoms with E-state index in [4.69, 9.17) is 28.1 Å². The van der Waals surface area contributed by atoms with Crippen LogP contribution in [0.5, 0.6) is 11.5 Å². The van der Waals surface area contributed by atoms with Crippen molar-refractivity contribution in [2.24, 2.45) is 17.8 Å². The molecule has 9 nitrogen and oxygen atoms in total. The van der Waals surface area contributed by atoms with Crippen LogP contribution in [-0.2, 0) is 23.4 Å². The number of hydrogen-bond acceptors (Lipinski definition) is 8. The Bertz CT molecular complexity index is 1060. The summed E-state index contributed by atoms with van der Waals surface area (Å²) in [4.78, 5) is 28.2. The fourth-order valence-electron chi connectivity index (χ4n) is 5.87. The Morgan fingerprint density at radius 1 is 1.02 bits per heavy atom. The van der Waals surface area contributed by atoms with Gasteiger partial charge in [-0.25, -0.2) is 9.69 Å². The number of fused-ring (bicyclic) bond motifs is 1. The van der Waals surface area contributed by atoms with Crippen LogP contribution < -0.4 is 9.47 Å². The predicted molar refractivity (Wildman–Crippen MR) is 153 cm³/mol. The monoisotopic (exact) mass is 575 g/mol. The second-order valence-corrected chi connectivity index (χ2v) is 17.2. The normalized spacial score (nSPS) is 26.8. The third-order valence-corrected chi connectivity index (χ3v) is 13.4. The van der Waals surface area contributed by atoms with E-state index in [1.165, 1.54) is 4.90 Å². The lowest BCUT2D eigenvalue weighted by Gasteiger charge is -2.50. The predicted octanol–water partition coefficient (Wildman–Crippen LogP) is 5.71. The molecule has 1 aromatic carbocycles. The Morgan fingerprint density at radius 3 is 2.23 bits per heavy atom. The van der Waals surface area contributed by atoms with Gasteiger partial charge in [-0.3, -0.25) is 4.79 Å². The minimum atomic E-state index is -2.14. The van der Waals surface area contributed by atoms with Gasteiger partial charge in [0.15, 0.2) is 21.9 Å². The molecule has 10 heteroatoms. The molecule has 0 bridgehead atoms. The first kappa shape index (κ1) is 30.6. The van der Waals surface area contributed by atoms with E-state index in [0.29, 0.717) is 11.5 Å². The molecule has 0 spiro atoms. The lowest BCUT2D eigenvalue weighted by Crippen LogP contribution is -2.54. The van der Waals surface area contributed by atoms with E-state index in [9.17, 15) is 9.59 Å². The molecule has 2 fully saturated rings. The smallest absolute Gasteiger partial charge is 0.416 e. The summed E-state index contributed by atoms with van der Waals surface area (Å²) in [7, 11) is 0.987. The number of benzene rings is 1. The minimum absolute atomic E-state index is 0.0305. The zero-order chi connectivity index (χ0) is 29.1. The molecule has 222 valence electrons. The van der Waals surface area contributed by atoms with Crippen molar-refractivity contribution < 1.29 is 37.7 Å². The van der Waals surface area contributed by atoms with Crippen LogP contribution in [0.1, 0.15) is 51.5 Å². The highest BCUT2D eigenvalue weighted by atomic mass is 28.4. The number of nitrogens with zero attached hydrogens (tertiary/aromatic N) is 1. The van der Waals surface area contributed by atoms with Crippen LogP contribution in [-0.4, -0.2) is 72.3 Å². The quantitative estimate of drug-likeness (QED) is 0.199. The van der Waals surface area contributed by atoms with Crippen LogP contribution in [0.15, 0.2) is 30.4 Å². The number of rotatable bonds is 10. The van der Waals surface area contributed by atoms with Gasteiger partial charge in [0.1, 0.15) is 18.1 Å². The topological polar surface area (TPSA) is 92.8 Å². The van der Waals surface area contributed by atoms with Crippen molar-refractivity contribution >= 4 is 20.3 Å². The highest BCUT2D eigenvalue weighted by Gasteiger charge is 2.52. The molecule has 0 radical (unpaired) electrons. The summed E-state index contributed by atoms with van der Waals surface area (Å²) >= 11 is 0. The number of carbonyl (C=O) groups is 2. The van der Waals surface area contributed by atoms with E-state index in [2.05, 4.69) is 46.0 Å². The summed E-state index contributed by atoms with van der Waals surface area (Å²) in [6.45, 7) is 11.8. The molecule has 2 amide bonds. The molecule has 40 heavy (non-hydrogen) atoms. The van der Waals surface area contributed by atoms with E-state index in [-0.39, 0.29) is 61.5 Å². The molecule has 4 rings (SSSR count). The molecule has 1 aliphatic heterocycles. The van der Waals surface area contributed by atoms with Crippen LogP contribution in [0, 0.1) is 17.8 Å².